The van der Waals surface area contributed by atoms with E-state index in [1.807, 2.05) is 0 Å². The van der Waals surface area contributed by atoms with Crippen molar-refractivity contribution in [3.63, 3.8) is 0 Å². The maximum Gasteiger partial charge on any atom is 0.319 e. The summed E-state index contributed by atoms with van der Waals surface area (Å²) >= 11 is 1.64. The number of hydrogen-bond acceptors (Lipinski definition) is 7. The summed E-state index contributed by atoms with van der Waals surface area (Å²) in [5, 5.41) is 5.50. The maximum atomic E-state index is 14.9. The first-order chi connectivity index (χ1) is 19.1. The van der Waals surface area contributed by atoms with Gasteiger partial charge in [0, 0.05) is 61.1 Å². The Labute approximate surface area is 231 Å². The Morgan fingerprint density at radius 3 is 2.72 bits per heavy atom. The van der Waals surface area contributed by atoms with Gasteiger partial charge in [0.2, 0.25) is 0 Å². The Kier molecular flexibility index (Phi) is 8.05. The first kappa shape index (κ1) is 26.2. The highest BCUT2D eigenvalue weighted by Gasteiger charge is 2.23. The SMILES string of the molecule is O=C(Nc1ccc(Oc2ccnc3cc(C4=CCN(CCCN5CCOCC5)CC4)sc23)c(F)c1)NC1CC1. The van der Waals surface area contributed by atoms with Gasteiger partial charge < -0.3 is 20.1 Å². The molecule has 0 spiro atoms. The summed E-state index contributed by atoms with van der Waals surface area (Å²) in [4.78, 5) is 22.7. The number of pyridine rings is 1. The molecule has 4 heterocycles. The van der Waals surface area contributed by atoms with Crippen molar-refractivity contribution in [3.8, 4) is 11.5 Å². The molecule has 206 valence electrons. The van der Waals surface area contributed by atoms with Crippen molar-refractivity contribution in [3.05, 3.63) is 53.3 Å². The third-order valence-corrected chi connectivity index (χ3v) is 8.57. The average Bonchev–Trinajstić information content (AvgIpc) is 3.64. The van der Waals surface area contributed by atoms with Crippen LogP contribution >= 0.6 is 11.3 Å². The third kappa shape index (κ3) is 6.75. The van der Waals surface area contributed by atoms with Gasteiger partial charge in [-0.15, -0.1) is 11.3 Å². The second-order valence-electron chi connectivity index (χ2n) is 10.3. The van der Waals surface area contributed by atoms with Crippen LogP contribution in [0.4, 0.5) is 14.9 Å². The van der Waals surface area contributed by atoms with E-state index in [0.29, 0.717) is 11.4 Å². The van der Waals surface area contributed by atoms with Crippen molar-refractivity contribution in [2.45, 2.75) is 31.7 Å². The fraction of sp³-hybridized carbons (Fsp3) is 0.448. The molecule has 8 nitrogen and oxygen atoms in total. The van der Waals surface area contributed by atoms with E-state index in [1.54, 1.807) is 35.7 Å². The number of hydrogen-bond donors (Lipinski definition) is 2. The Balaban J connectivity index is 1.07. The van der Waals surface area contributed by atoms with E-state index in [0.717, 1.165) is 82.0 Å². The Morgan fingerprint density at radius 2 is 1.95 bits per heavy atom. The summed E-state index contributed by atoms with van der Waals surface area (Å²) in [6.07, 6.45) is 8.18. The molecule has 3 aliphatic rings. The molecule has 1 saturated heterocycles. The van der Waals surface area contributed by atoms with Crippen LogP contribution < -0.4 is 15.4 Å². The van der Waals surface area contributed by atoms with E-state index < -0.39 is 5.82 Å². The second-order valence-corrected chi connectivity index (χ2v) is 11.4. The molecule has 2 aromatic heterocycles. The quantitative estimate of drug-likeness (QED) is 0.375. The topological polar surface area (TPSA) is 79.0 Å². The number of ether oxygens (including phenoxy) is 2. The van der Waals surface area contributed by atoms with E-state index in [4.69, 9.17) is 9.47 Å². The number of urea groups is 1. The van der Waals surface area contributed by atoms with Crippen molar-refractivity contribution in [2.75, 3.05) is 57.8 Å². The molecule has 1 saturated carbocycles. The minimum Gasteiger partial charge on any atom is -0.453 e. The van der Waals surface area contributed by atoms with Crippen molar-refractivity contribution in [1.29, 1.82) is 0 Å². The zero-order valence-corrected chi connectivity index (χ0v) is 22.8. The predicted octanol–water partition coefficient (Wildman–Crippen LogP) is 5.32. The second kappa shape index (κ2) is 12.0. The van der Waals surface area contributed by atoms with Gasteiger partial charge >= 0.3 is 6.03 Å². The summed E-state index contributed by atoms with van der Waals surface area (Å²) in [5.74, 6) is 0.142. The first-order valence-corrected chi connectivity index (χ1v) is 14.6. The van der Waals surface area contributed by atoms with Gasteiger partial charge in [0.15, 0.2) is 11.6 Å². The zero-order chi connectivity index (χ0) is 26.6. The van der Waals surface area contributed by atoms with Crippen LogP contribution in [0.1, 0.15) is 30.6 Å². The molecular formula is C29H34FN5O3S. The summed E-state index contributed by atoms with van der Waals surface area (Å²) < 4.78 is 27.2. The number of aromatic nitrogens is 1. The highest BCUT2D eigenvalue weighted by Crippen LogP contribution is 2.39. The van der Waals surface area contributed by atoms with Crippen molar-refractivity contribution < 1.29 is 18.7 Å². The Hall–Kier alpha value is -3.05. The number of carbonyl (C=O) groups excluding carboxylic acids is 1. The van der Waals surface area contributed by atoms with Crippen LogP contribution in [-0.4, -0.2) is 79.3 Å². The van der Waals surface area contributed by atoms with E-state index in [-0.39, 0.29) is 17.8 Å². The molecule has 0 bridgehead atoms. The fourth-order valence-electron chi connectivity index (χ4n) is 4.99. The van der Waals surface area contributed by atoms with Crippen LogP contribution in [0.2, 0.25) is 0 Å². The number of amides is 2. The monoisotopic (exact) mass is 551 g/mol. The molecule has 2 N–H and O–H groups in total. The number of benzene rings is 1. The number of halogens is 1. The summed E-state index contributed by atoms with van der Waals surface area (Å²) in [5.41, 5.74) is 2.56. The van der Waals surface area contributed by atoms with Crippen molar-refractivity contribution in [2.24, 2.45) is 0 Å². The summed E-state index contributed by atoms with van der Waals surface area (Å²) in [7, 11) is 0. The largest absolute Gasteiger partial charge is 0.453 e. The molecule has 1 aromatic carbocycles. The fourth-order valence-corrected chi connectivity index (χ4v) is 6.13. The lowest BCUT2D eigenvalue weighted by Crippen LogP contribution is -2.38. The van der Waals surface area contributed by atoms with Crippen molar-refractivity contribution in [1.82, 2.24) is 20.1 Å². The number of carbonyl (C=O) groups is 1. The smallest absolute Gasteiger partial charge is 0.319 e. The zero-order valence-electron chi connectivity index (χ0n) is 22.0. The highest BCUT2D eigenvalue weighted by molar-refractivity contribution is 7.20. The number of nitrogens with zero attached hydrogens (tertiary/aromatic N) is 3. The third-order valence-electron chi connectivity index (χ3n) is 7.36. The van der Waals surface area contributed by atoms with Crippen LogP contribution in [0.5, 0.6) is 11.5 Å². The lowest BCUT2D eigenvalue weighted by atomic mass is 10.1. The Bertz CT molecular complexity index is 1350. The van der Waals surface area contributed by atoms with Gasteiger partial charge in [-0.3, -0.25) is 14.8 Å². The molecule has 39 heavy (non-hydrogen) atoms. The van der Waals surface area contributed by atoms with Gasteiger partial charge in [-0.25, -0.2) is 9.18 Å². The standard InChI is InChI=1S/C29H34FN5O3S/c30-23-18-22(33-29(36)32-21-2-3-21)4-5-25(23)38-26-6-9-31-24-19-27(39-28(24)26)20-7-12-34(13-8-20)10-1-11-35-14-16-37-17-15-35/h4-7,9,18-19,21H,1-3,8,10-17H2,(H2,32,33,36). The van der Waals surface area contributed by atoms with Gasteiger partial charge in [0.1, 0.15) is 5.75 Å². The number of thiophene rings is 1. The van der Waals surface area contributed by atoms with Crippen molar-refractivity contribution >= 4 is 38.8 Å². The van der Waals surface area contributed by atoms with Crippen LogP contribution in [0, 0.1) is 5.82 Å². The van der Waals surface area contributed by atoms with Gasteiger partial charge in [-0.2, -0.15) is 0 Å². The van der Waals surface area contributed by atoms with Crippen LogP contribution in [0.25, 0.3) is 15.8 Å². The van der Waals surface area contributed by atoms with Crippen LogP contribution in [-0.2, 0) is 4.74 Å². The minimum atomic E-state index is -0.537. The number of anilines is 1. The summed E-state index contributed by atoms with van der Waals surface area (Å²) in [6.45, 7) is 8.04. The number of rotatable bonds is 9. The molecule has 0 atom stereocenters. The maximum absolute atomic E-state index is 14.9. The molecule has 10 heteroatoms. The summed E-state index contributed by atoms with van der Waals surface area (Å²) in [6, 6.07) is 8.25. The van der Waals surface area contributed by atoms with E-state index in [2.05, 4.69) is 37.6 Å². The molecule has 2 fully saturated rings. The number of nitrogens with one attached hydrogen (secondary N) is 2. The van der Waals surface area contributed by atoms with Crippen LogP contribution in [0.3, 0.4) is 0 Å². The van der Waals surface area contributed by atoms with Gasteiger partial charge in [-0.1, -0.05) is 6.08 Å². The van der Waals surface area contributed by atoms with E-state index >= 15 is 0 Å². The minimum absolute atomic E-state index is 0.107. The molecule has 2 aliphatic heterocycles. The molecule has 0 radical (unpaired) electrons. The lowest BCUT2D eigenvalue weighted by molar-refractivity contribution is 0.0362. The number of fused-ring (bicyclic) bond motifs is 1. The van der Waals surface area contributed by atoms with Gasteiger partial charge in [0.05, 0.1) is 23.4 Å². The average molecular weight is 552 g/mol. The molecule has 6 rings (SSSR count). The predicted molar refractivity (Wildman–Crippen MR) is 152 cm³/mol. The first-order valence-electron chi connectivity index (χ1n) is 13.8. The van der Waals surface area contributed by atoms with Gasteiger partial charge in [0.25, 0.3) is 0 Å². The highest BCUT2D eigenvalue weighted by atomic mass is 32.1. The lowest BCUT2D eigenvalue weighted by Gasteiger charge is -2.29. The molecule has 0 unspecified atom stereocenters. The van der Waals surface area contributed by atoms with E-state index in [9.17, 15) is 9.18 Å². The molecule has 2 amide bonds. The number of morpholine rings is 1. The molecule has 3 aromatic rings. The Morgan fingerprint density at radius 1 is 1.10 bits per heavy atom. The molecular weight excluding hydrogens is 517 g/mol. The van der Waals surface area contributed by atoms with E-state index in [1.165, 1.54) is 22.9 Å². The van der Waals surface area contributed by atoms with Gasteiger partial charge in [-0.05, 0) is 62.5 Å². The molecule has 1 aliphatic carbocycles. The van der Waals surface area contributed by atoms with Crippen LogP contribution in [0.15, 0.2) is 42.6 Å². The normalized spacial score (nSPS) is 18.6.